The zero-order chi connectivity index (χ0) is 17.7. The molecular weight excluding hydrogens is 310 g/mol. The summed E-state index contributed by atoms with van der Waals surface area (Å²) in [4.78, 5) is 24.6. The van der Waals surface area contributed by atoms with Gasteiger partial charge in [0.25, 0.3) is 5.91 Å². The van der Waals surface area contributed by atoms with Crippen molar-refractivity contribution in [2.75, 3.05) is 18.2 Å². The quantitative estimate of drug-likeness (QED) is 0.787. The zero-order valence-corrected chi connectivity index (χ0v) is 14.2. The summed E-state index contributed by atoms with van der Waals surface area (Å²) in [5, 5.41) is 17.2. The molecule has 1 aliphatic rings. The van der Waals surface area contributed by atoms with E-state index in [1.54, 1.807) is 20.8 Å². The van der Waals surface area contributed by atoms with E-state index in [1.807, 2.05) is 30.3 Å². The van der Waals surface area contributed by atoms with Gasteiger partial charge in [-0.15, -0.1) is 0 Å². The number of ether oxygens (including phenoxy) is 1. The molecule has 0 aromatic heterocycles. The number of rotatable bonds is 5. The standard InChI is InChI=1S/C17H23N3O4/c1-17(2,3)24-16(23)14-11-13(15(22)18-9-10-21)19-20(14)12-7-5-4-6-8-12/h4-8,14,21H,9-11H2,1-3H3,(H,18,22). The number of carbonyl (C=O) groups is 2. The maximum absolute atomic E-state index is 12.5. The molecule has 0 spiro atoms. The van der Waals surface area contributed by atoms with Crippen LogP contribution in [0, 0.1) is 0 Å². The number of anilines is 1. The van der Waals surface area contributed by atoms with E-state index >= 15 is 0 Å². The normalized spacial score (nSPS) is 17.4. The lowest BCUT2D eigenvalue weighted by molar-refractivity contribution is -0.156. The summed E-state index contributed by atoms with van der Waals surface area (Å²) in [5.41, 5.74) is 0.322. The number of amides is 1. The second-order valence-electron chi connectivity index (χ2n) is 6.46. The molecule has 0 fully saturated rings. The van der Waals surface area contributed by atoms with E-state index in [4.69, 9.17) is 9.84 Å². The summed E-state index contributed by atoms with van der Waals surface area (Å²) in [7, 11) is 0. The average Bonchev–Trinajstić information content (AvgIpc) is 2.97. The largest absolute Gasteiger partial charge is 0.458 e. The van der Waals surface area contributed by atoms with Crippen molar-refractivity contribution < 1.29 is 19.4 Å². The first-order chi connectivity index (χ1) is 11.3. The highest BCUT2D eigenvalue weighted by molar-refractivity contribution is 6.40. The molecule has 0 saturated carbocycles. The van der Waals surface area contributed by atoms with Gasteiger partial charge in [-0.3, -0.25) is 9.80 Å². The van der Waals surface area contributed by atoms with Crippen molar-refractivity contribution >= 4 is 23.3 Å². The lowest BCUT2D eigenvalue weighted by atomic mass is 10.1. The minimum atomic E-state index is -0.693. The van der Waals surface area contributed by atoms with E-state index in [-0.39, 0.29) is 25.3 Å². The van der Waals surface area contributed by atoms with Gasteiger partial charge >= 0.3 is 5.97 Å². The Kier molecular flexibility index (Phi) is 5.56. The first-order valence-electron chi connectivity index (χ1n) is 7.85. The lowest BCUT2D eigenvalue weighted by Crippen LogP contribution is -2.40. The van der Waals surface area contributed by atoms with E-state index in [2.05, 4.69) is 10.4 Å². The van der Waals surface area contributed by atoms with Crippen molar-refractivity contribution in [3.63, 3.8) is 0 Å². The van der Waals surface area contributed by atoms with Gasteiger partial charge in [0.15, 0.2) is 6.04 Å². The monoisotopic (exact) mass is 333 g/mol. The van der Waals surface area contributed by atoms with Crippen molar-refractivity contribution in [1.29, 1.82) is 0 Å². The van der Waals surface area contributed by atoms with Crippen LogP contribution in [0.2, 0.25) is 0 Å². The molecule has 24 heavy (non-hydrogen) atoms. The first-order valence-corrected chi connectivity index (χ1v) is 7.85. The summed E-state index contributed by atoms with van der Waals surface area (Å²) < 4.78 is 5.46. The van der Waals surface area contributed by atoms with Gasteiger partial charge in [-0.05, 0) is 32.9 Å². The Bertz CT molecular complexity index is 622. The summed E-state index contributed by atoms with van der Waals surface area (Å²) in [6.45, 7) is 5.37. The third kappa shape index (κ3) is 4.55. The van der Waals surface area contributed by atoms with Crippen LogP contribution in [0.5, 0.6) is 0 Å². The number of hydrogen-bond donors (Lipinski definition) is 2. The van der Waals surface area contributed by atoms with Crippen molar-refractivity contribution in [3.05, 3.63) is 30.3 Å². The van der Waals surface area contributed by atoms with Crippen LogP contribution in [0.1, 0.15) is 27.2 Å². The Morgan fingerprint density at radius 2 is 2.00 bits per heavy atom. The highest BCUT2D eigenvalue weighted by atomic mass is 16.6. The number of nitrogens with zero attached hydrogens (tertiary/aromatic N) is 2. The first kappa shape index (κ1) is 17.9. The molecule has 1 unspecified atom stereocenters. The molecule has 1 aromatic carbocycles. The highest BCUT2D eigenvalue weighted by Gasteiger charge is 2.38. The van der Waals surface area contributed by atoms with E-state index in [1.165, 1.54) is 5.01 Å². The predicted octanol–water partition coefficient (Wildman–Crippen LogP) is 1.07. The van der Waals surface area contributed by atoms with Crippen LogP contribution in [0.3, 0.4) is 0 Å². The van der Waals surface area contributed by atoms with E-state index in [0.29, 0.717) is 5.69 Å². The van der Waals surface area contributed by atoms with Crippen molar-refractivity contribution in [3.8, 4) is 0 Å². The number of para-hydroxylation sites is 1. The molecule has 0 bridgehead atoms. The number of aliphatic hydroxyl groups excluding tert-OH is 1. The molecule has 7 nitrogen and oxygen atoms in total. The van der Waals surface area contributed by atoms with E-state index < -0.39 is 23.5 Å². The molecule has 2 rings (SSSR count). The Hall–Kier alpha value is -2.41. The van der Waals surface area contributed by atoms with Crippen molar-refractivity contribution in [1.82, 2.24) is 5.32 Å². The SMILES string of the molecule is CC(C)(C)OC(=O)C1CC(C(=O)NCCO)=NN1c1ccccc1. The Morgan fingerprint density at radius 1 is 1.33 bits per heavy atom. The topological polar surface area (TPSA) is 91.2 Å². The summed E-state index contributed by atoms with van der Waals surface area (Å²) in [5.74, 6) is -0.823. The number of nitrogens with one attached hydrogen (secondary N) is 1. The molecule has 0 saturated heterocycles. The van der Waals surface area contributed by atoms with Crippen LogP contribution in [0.4, 0.5) is 5.69 Å². The van der Waals surface area contributed by atoms with Crippen LogP contribution in [0.15, 0.2) is 35.4 Å². The maximum atomic E-state index is 12.5. The van der Waals surface area contributed by atoms with Gasteiger partial charge in [-0.2, -0.15) is 5.10 Å². The fourth-order valence-electron chi connectivity index (χ4n) is 2.29. The molecule has 0 radical (unpaired) electrons. The van der Waals surface area contributed by atoms with Crippen LogP contribution >= 0.6 is 0 Å². The van der Waals surface area contributed by atoms with Crippen LogP contribution in [0.25, 0.3) is 0 Å². The van der Waals surface area contributed by atoms with Crippen molar-refractivity contribution in [2.24, 2.45) is 5.10 Å². The number of hydrogen-bond acceptors (Lipinski definition) is 6. The number of aliphatic hydroxyl groups is 1. The van der Waals surface area contributed by atoms with Gasteiger partial charge in [0, 0.05) is 13.0 Å². The predicted molar refractivity (Wildman–Crippen MR) is 90.7 cm³/mol. The van der Waals surface area contributed by atoms with E-state index in [9.17, 15) is 9.59 Å². The van der Waals surface area contributed by atoms with Gasteiger partial charge in [-0.1, -0.05) is 18.2 Å². The zero-order valence-electron chi connectivity index (χ0n) is 14.2. The van der Waals surface area contributed by atoms with E-state index in [0.717, 1.165) is 0 Å². The number of esters is 1. The van der Waals surface area contributed by atoms with Crippen molar-refractivity contribution in [2.45, 2.75) is 38.8 Å². The fraction of sp³-hybridized carbons (Fsp3) is 0.471. The smallest absolute Gasteiger partial charge is 0.331 e. The second-order valence-corrected chi connectivity index (χ2v) is 6.46. The molecule has 1 aliphatic heterocycles. The van der Waals surface area contributed by atoms with Crippen LogP contribution in [-0.4, -0.2) is 47.5 Å². The lowest BCUT2D eigenvalue weighted by Gasteiger charge is -2.26. The molecule has 1 aromatic rings. The third-order valence-electron chi connectivity index (χ3n) is 3.27. The van der Waals surface area contributed by atoms with Gasteiger partial charge in [0.2, 0.25) is 0 Å². The van der Waals surface area contributed by atoms with Crippen LogP contribution in [-0.2, 0) is 14.3 Å². The molecule has 1 amide bonds. The number of hydrazone groups is 1. The molecule has 1 heterocycles. The maximum Gasteiger partial charge on any atom is 0.331 e. The Labute approximate surface area is 141 Å². The fourth-order valence-corrected chi connectivity index (χ4v) is 2.29. The molecule has 7 heteroatoms. The van der Waals surface area contributed by atoms with Gasteiger partial charge < -0.3 is 15.2 Å². The Balaban J connectivity index is 2.23. The molecule has 2 N–H and O–H groups in total. The van der Waals surface area contributed by atoms with Crippen LogP contribution < -0.4 is 10.3 Å². The summed E-state index contributed by atoms with van der Waals surface area (Å²) in [6, 6.07) is 8.47. The third-order valence-corrected chi connectivity index (χ3v) is 3.27. The molecule has 130 valence electrons. The summed E-state index contributed by atoms with van der Waals surface area (Å²) >= 11 is 0. The average molecular weight is 333 g/mol. The van der Waals surface area contributed by atoms with Gasteiger partial charge in [0.1, 0.15) is 11.3 Å². The Morgan fingerprint density at radius 3 is 2.58 bits per heavy atom. The molecule has 0 aliphatic carbocycles. The number of benzene rings is 1. The number of carbonyl (C=O) groups excluding carboxylic acids is 2. The minimum absolute atomic E-state index is 0.139. The minimum Gasteiger partial charge on any atom is -0.458 e. The summed E-state index contributed by atoms with van der Waals surface area (Å²) in [6.07, 6.45) is 0.154. The van der Waals surface area contributed by atoms with Gasteiger partial charge in [0.05, 0.1) is 12.3 Å². The second kappa shape index (κ2) is 7.44. The molecular formula is C17H23N3O4. The van der Waals surface area contributed by atoms with Gasteiger partial charge in [-0.25, -0.2) is 4.79 Å². The molecule has 1 atom stereocenters. The highest BCUT2D eigenvalue weighted by Crippen LogP contribution is 2.26.